The summed E-state index contributed by atoms with van der Waals surface area (Å²) in [7, 11) is 1.82. The molecule has 0 heterocycles. The monoisotopic (exact) mass is 212 g/mol. The van der Waals surface area contributed by atoms with Gasteiger partial charge in [0.15, 0.2) is 0 Å². The standard InChI is InChI=1S/C12H24N2O/c1-15-12-4-2-3-11(12)14-8-7-10(13)9-5-6-9/h9-12,14H,2-8,13H2,1H3. The Bertz CT molecular complexity index is 194. The smallest absolute Gasteiger partial charge is 0.0724 e. The van der Waals surface area contributed by atoms with E-state index < -0.39 is 0 Å². The van der Waals surface area contributed by atoms with E-state index in [-0.39, 0.29) is 0 Å². The first kappa shape index (κ1) is 11.4. The van der Waals surface area contributed by atoms with Crippen molar-refractivity contribution in [1.82, 2.24) is 5.32 Å². The Labute approximate surface area is 92.7 Å². The lowest BCUT2D eigenvalue weighted by Crippen LogP contribution is -2.39. The number of methoxy groups -OCH3 is 1. The van der Waals surface area contributed by atoms with Crippen molar-refractivity contribution < 1.29 is 4.74 Å². The van der Waals surface area contributed by atoms with Gasteiger partial charge in [-0.2, -0.15) is 0 Å². The molecule has 3 heteroatoms. The van der Waals surface area contributed by atoms with Gasteiger partial charge in [0.2, 0.25) is 0 Å². The van der Waals surface area contributed by atoms with E-state index in [4.69, 9.17) is 10.5 Å². The molecule has 88 valence electrons. The van der Waals surface area contributed by atoms with Crippen molar-refractivity contribution in [2.24, 2.45) is 11.7 Å². The number of nitrogens with one attached hydrogen (secondary N) is 1. The van der Waals surface area contributed by atoms with Crippen LogP contribution in [-0.4, -0.2) is 31.8 Å². The van der Waals surface area contributed by atoms with Crippen molar-refractivity contribution in [3.8, 4) is 0 Å². The predicted molar refractivity (Wildman–Crippen MR) is 61.8 cm³/mol. The summed E-state index contributed by atoms with van der Waals surface area (Å²) in [6, 6.07) is 1.00. The predicted octanol–water partition coefficient (Wildman–Crippen LogP) is 1.27. The van der Waals surface area contributed by atoms with Gasteiger partial charge in [-0.1, -0.05) is 0 Å². The first-order valence-corrected chi connectivity index (χ1v) is 6.33. The van der Waals surface area contributed by atoms with Gasteiger partial charge in [0.1, 0.15) is 0 Å². The molecule has 3 atom stereocenters. The highest BCUT2D eigenvalue weighted by Crippen LogP contribution is 2.32. The molecule has 0 aromatic carbocycles. The highest BCUT2D eigenvalue weighted by atomic mass is 16.5. The molecule has 2 aliphatic rings. The van der Waals surface area contributed by atoms with E-state index in [1.807, 2.05) is 7.11 Å². The maximum Gasteiger partial charge on any atom is 0.0724 e. The van der Waals surface area contributed by atoms with Gasteiger partial charge >= 0.3 is 0 Å². The minimum absolute atomic E-state index is 0.430. The molecule has 0 bridgehead atoms. The maximum absolute atomic E-state index is 6.06. The maximum atomic E-state index is 6.06. The molecule has 0 spiro atoms. The van der Waals surface area contributed by atoms with Crippen LogP contribution in [-0.2, 0) is 4.74 Å². The summed E-state index contributed by atoms with van der Waals surface area (Å²) in [5.41, 5.74) is 6.06. The molecular formula is C12H24N2O. The SMILES string of the molecule is COC1CCCC1NCCC(N)C1CC1. The molecule has 0 aromatic rings. The van der Waals surface area contributed by atoms with Crippen LogP contribution in [0.1, 0.15) is 38.5 Å². The molecule has 3 unspecified atom stereocenters. The van der Waals surface area contributed by atoms with Crippen molar-refractivity contribution in [2.45, 2.75) is 56.7 Å². The van der Waals surface area contributed by atoms with Gasteiger partial charge < -0.3 is 15.8 Å². The Balaban J connectivity index is 1.60. The van der Waals surface area contributed by atoms with Gasteiger partial charge in [0.05, 0.1) is 6.10 Å². The molecule has 2 saturated carbocycles. The zero-order valence-electron chi connectivity index (χ0n) is 9.74. The third-order valence-electron chi connectivity index (χ3n) is 3.87. The number of hydrogen-bond acceptors (Lipinski definition) is 3. The summed E-state index contributed by atoms with van der Waals surface area (Å²) in [6.45, 7) is 1.06. The molecule has 0 aromatic heterocycles. The second kappa shape index (κ2) is 5.28. The van der Waals surface area contributed by atoms with Crippen molar-refractivity contribution in [1.29, 1.82) is 0 Å². The van der Waals surface area contributed by atoms with Gasteiger partial charge in [-0.15, -0.1) is 0 Å². The van der Waals surface area contributed by atoms with Crippen LogP contribution in [0.3, 0.4) is 0 Å². The van der Waals surface area contributed by atoms with Crippen LogP contribution in [0.15, 0.2) is 0 Å². The quantitative estimate of drug-likeness (QED) is 0.697. The summed E-state index contributed by atoms with van der Waals surface area (Å²) in [6.07, 6.45) is 8.03. The third-order valence-corrected chi connectivity index (χ3v) is 3.87. The molecule has 0 aliphatic heterocycles. The zero-order valence-corrected chi connectivity index (χ0v) is 9.74. The van der Waals surface area contributed by atoms with Gasteiger partial charge in [-0.25, -0.2) is 0 Å². The second-order valence-corrected chi connectivity index (χ2v) is 5.06. The van der Waals surface area contributed by atoms with E-state index >= 15 is 0 Å². The number of nitrogens with two attached hydrogens (primary N) is 1. The molecule has 2 rings (SSSR count). The molecule has 2 fully saturated rings. The van der Waals surface area contributed by atoms with Gasteiger partial charge in [0, 0.05) is 19.2 Å². The Morgan fingerprint density at radius 2 is 2.13 bits per heavy atom. The summed E-state index contributed by atoms with van der Waals surface area (Å²) in [4.78, 5) is 0. The van der Waals surface area contributed by atoms with Crippen molar-refractivity contribution in [3.05, 3.63) is 0 Å². The lowest BCUT2D eigenvalue weighted by molar-refractivity contribution is 0.0850. The topological polar surface area (TPSA) is 47.3 Å². The lowest BCUT2D eigenvalue weighted by atomic mass is 10.1. The van der Waals surface area contributed by atoms with Crippen LogP contribution >= 0.6 is 0 Å². The molecular weight excluding hydrogens is 188 g/mol. The van der Waals surface area contributed by atoms with E-state index in [1.54, 1.807) is 0 Å². The Hall–Kier alpha value is -0.120. The molecule has 0 radical (unpaired) electrons. The largest absolute Gasteiger partial charge is 0.380 e. The summed E-state index contributed by atoms with van der Waals surface area (Å²) >= 11 is 0. The minimum atomic E-state index is 0.430. The molecule has 3 N–H and O–H groups in total. The van der Waals surface area contributed by atoms with E-state index in [0.717, 1.165) is 18.9 Å². The summed E-state index contributed by atoms with van der Waals surface area (Å²) < 4.78 is 5.45. The fourth-order valence-electron chi connectivity index (χ4n) is 2.64. The van der Waals surface area contributed by atoms with Crippen molar-refractivity contribution >= 4 is 0 Å². The lowest BCUT2D eigenvalue weighted by Gasteiger charge is -2.20. The van der Waals surface area contributed by atoms with Crippen LogP contribution in [0.2, 0.25) is 0 Å². The van der Waals surface area contributed by atoms with E-state index in [1.165, 1.54) is 32.1 Å². The number of ether oxygens (including phenoxy) is 1. The summed E-state index contributed by atoms with van der Waals surface area (Å²) in [5, 5.41) is 3.59. The number of hydrogen-bond donors (Lipinski definition) is 2. The van der Waals surface area contributed by atoms with Gasteiger partial charge in [0.25, 0.3) is 0 Å². The fourth-order valence-corrected chi connectivity index (χ4v) is 2.64. The average Bonchev–Trinajstić information content (AvgIpc) is 2.99. The molecule has 15 heavy (non-hydrogen) atoms. The Kier molecular flexibility index (Phi) is 4.00. The van der Waals surface area contributed by atoms with E-state index in [0.29, 0.717) is 18.2 Å². The van der Waals surface area contributed by atoms with Crippen LogP contribution in [0.4, 0.5) is 0 Å². The highest BCUT2D eigenvalue weighted by Gasteiger charge is 2.29. The molecule has 0 amide bonds. The molecule has 3 nitrogen and oxygen atoms in total. The zero-order chi connectivity index (χ0) is 10.7. The summed E-state index contributed by atoms with van der Waals surface area (Å²) in [5.74, 6) is 0.827. The normalized spacial score (nSPS) is 33.2. The first-order valence-electron chi connectivity index (χ1n) is 6.33. The van der Waals surface area contributed by atoms with Crippen LogP contribution < -0.4 is 11.1 Å². The molecule has 2 aliphatic carbocycles. The molecule has 0 saturated heterocycles. The average molecular weight is 212 g/mol. The van der Waals surface area contributed by atoms with Crippen LogP contribution in [0.25, 0.3) is 0 Å². The minimum Gasteiger partial charge on any atom is -0.380 e. The number of rotatable bonds is 6. The Morgan fingerprint density at radius 3 is 2.80 bits per heavy atom. The van der Waals surface area contributed by atoms with Crippen molar-refractivity contribution in [3.63, 3.8) is 0 Å². The van der Waals surface area contributed by atoms with Crippen LogP contribution in [0.5, 0.6) is 0 Å². The first-order chi connectivity index (χ1) is 7.31. The van der Waals surface area contributed by atoms with Crippen molar-refractivity contribution in [2.75, 3.05) is 13.7 Å². The van der Waals surface area contributed by atoms with E-state index in [2.05, 4.69) is 5.32 Å². The Morgan fingerprint density at radius 1 is 1.33 bits per heavy atom. The fraction of sp³-hybridized carbons (Fsp3) is 1.00. The van der Waals surface area contributed by atoms with E-state index in [9.17, 15) is 0 Å². The van der Waals surface area contributed by atoms with Gasteiger partial charge in [-0.05, 0) is 51.0 Å². The van der Waals surface area contributed by atoms with Gasteiger partial charge in [-0.3, -0.25) is 0 Å². The van der Waals surface area contributed by atoms with Crippen LogP contribution in [0, 0.1) is 5.92 Å². The second-order valence-electron chi connectivity index (χ2n) is 5.06. The third kappa shape index (κ3) is 3.16. The highest BCUT2D eigenvalue weighted by molar-refractivity contribution is 4.87.